The van der Waals surface area contributed by atoms with Gasteiger partial charge in [-0.05, 0) is 29.6 Å². The van der Waals surface area contributed by atoms with Crippen molar-refractivity contribution >= 4 is 27.4 Å². The van der Waals surface area contributed by atoms with Crippen molar-refractivity contribution in [1.29, 1.82) is 0 Å². The minimum absolute atomic E-state index is 0.602. The molecular formula is C15H15N3O2S. The van der Waals surface area contributed by atoms with Gasteiger partial charge in [-0.15, -0.1) is 11.3 Å². The number of benzene rings is 1. The summed E-state index contributed by atoms with van der Waals surface area (Å²) < 4.78 is 11.7. The maximum absolute atomic E-state index is 5.38. The van der Waals surface area contributed by atoms with Gasteiger partial charge >= 0.3 is 0 Å². The average Bonchev–Trinajstić information content (AvgIpc) is 3.01. The van der Waals surface area contributed by atoms with E-state index in [2.05, 4.69) is 15.3 Å². The van der Waals surface area contributed by atoms with Crippen LogP contribution in [0.2, 0.25) is 0 Å². The highest BCUT2D eigenvalue weighted by Gasteiger charge is 2.08. The lowest BCUT2D eigenvalue weighted by molar-refractivity contribution is 0.399. The van der Waals surface area contributed by atoms with Gasteiger partial charge in [0.15, 0.2) is 0 Å². The maximum Gasteiger partial charge on any atom is 0.147 e. The van der Waals surface area contributed by atoms with Crippen molar-refractivity contribution in [3.05, 3.63) is 41.5 Å². The molecule has 3 aromatic rings. The number of anilines is 1. The number of aromatic nitrogens is 2. The Morgan fingerprint density at radius 2 is 2.05 bits per heavy atom. The smallest absolute Gasteiger partial charge is 0.147 e. The van der Waals surface area contributed by atoms with E-state index in [0.717, 1.165) is 33.1 Å². The SMILES string of the molecule is COc1ccc(OC)c(CNc2ncnc3ccsc23)c1. The number of fused-ring (bicyclic) bond motifs is 1. The van der Waals surface area contributed by atoms with Crippen LogP contribution in [-0.2, 0) is 6.54 Å². The Kier molecular flexibility index (Phi) is 3.87. The molecule has 0 saturated heterocycles. The van der Waals surface area contributed by atoms with Crippen molar-refractivity contribution in [2.24, 2.45) is 0 Å². The summed E-state index contributed by atoms with van der Waals surface area (Å²) in [5.41, 5.74) is 1.97. The van der Waals surface area contributed by atoms with E-state index in [4.69, 9.17) is 9.47 Å². The summed E-state index contributed by atoms with van der Waals surface area (Å²) in [6, 6.07) is 7.72. The number of hydrogen-bond acceptors (Lipinski definition) is 6. The van der Waals surface area contributed by atoms with Crippen LogP contribution in [0.1, 0.15) is 5.56 Å². The molecule has 0 bridgehead atoms. The molecule has 6 heteroatoms. The van der Waals surface area contributed by atoms with Crippen molar-refractivity contribution in [1.82, 2.24) is 9.97 Å². The Labute approximate surface area is 126 Å². The zero-order chi connectivity index (χ0) is 14.7. The topological polar surface area (TPSA) is 56.3 Å². The Morgan fingerprint density at radius 3 is 2.86 bits per heavy atom. The third kappa shape index (κ3) is 2.75. The first-order valence-electron chi connectivity index (χ1n) is 6.45. The summed E-state index contributed by atoms with van der Waals surface area (Å²) in [4.78, 5) is 8.54. The number of nitrogens with zero attached hydrogens (tertiary/aromatic N) is 2. The molecule has 1 N–H and O–H groups in total. The van der Waals surface area contributed by atoms with Crippen LogP contribution >= 0.6 is 11.3 Å². The summed E-state index contributed by atoms with van der Waals surface area (Å²) in [6.07, 6.45) is 1.57. The molecule has 21 heavy (non-hydrogen) atoms. The number of thiophene rings is 1. The molecular weight excluding hydrogens is 286 g/mol. The third-order valence-electron chi connectivity index (χ3n) is 3.18. The van der Waals surface area contributed by atoms with Crippen LogP contribution in [0.4, 0.5) is 5.82 Å². The molecule has 5 nitrogen and oxygen atoms in total. The number of methoxy groups -OCH3 is 2. The van der Waals surface area contributed by atoms with Gasteiger partial charge in [0.05, 0.1) is 24.4 Å². The highest BCUT2D eigenvalue weighted by Crippen LogP contribution is 2.28. The lowest BCUT2D eigenvalue weighted by Crippen LogP contribution is -2.04. The lowest BCUT2D eigenvalue weighted by Gasteiger charge is -2.12. The Bertz CT molecular complexity index is 758. The molecule has 3 rings (SSSR count). The van der Waals surface area contributed by atoms with Gasteiger partial charge in [-0.2, -0.15) is 0 Å². The highest BCUT2D eigenvalue weighted by molar-refractivity contribution is 7.17. The number of ether oxygens (including phenoxy) is 2. The minimum Gasteiger partial charge on any atom is -0.497 e. The maximum atomic E-state index is 5.38. The molecule has 2 aromatic heterocycles. The van der Waals surface area contributed by atoms with Gasteiger partial charge in [-0.25, -0.2) is 9.97 Å². The second-order valence-electron chi connectivity index (χ2n) is 4.39. The number of rotatable bonds is 5. The first kappa shape index (κ1) is 13.6. The quantitative estimate of drug-likeness (QED) is 0.783. The van der Waals surface area contributed by atoms with E-state index in [1.165, 1.54) is 0 Å². The zero-order valence-corrected chi connectivity index (χ0v) is 12.6. The fraction of sp³-hybridized carbons (Fsp3) is 0.200. The molecule has 108 valence electrons. The fourth-order valence-electron chi connectivity index (χ4n) is 2.11. The minimum atomic E-state index is 0.602. The van der Waals surface area contributed by atoms with E-state index < -0.39 is 0 Å². The van der Waals surface area contributed by atoms with Crippen molar-refractivity contribution < 1.29 is 9.47 Å². The van der Waals surface area contributed by atoms with E-state index in [0.29, 0.717) is 6.54 Å². The predicted molar refractivity (Wildman–Crippen MR) is 84.3 cm³/mol. The van der Waals surface area contributed by atoms with Gasteiger partial charge in [-0.3, -0.25) is 0 Å². The molecule has 0 fully saturated rings. The molecule has 0 aliphatic rings. The van der Waals surface area contributed by atoms with Crippen LogP contribution in [0.25, 0.3) is 10.2 Å². The molecule has 0 aliphatic heterocycles. The van der Waals surface area contributed by atoms with Crippen LogP contribution in [0, 0.1) is 0 Å². The van der Waals surface area contributed by atoms with E-state index in [1.54, 1.807) is 31.9 Å². The summed E-state index contributed by atoms with van der Waals surface area (Å²) in [7, 11) is 3.31. The highest BCUT2D eigenvalue weighted by atomic mass is 32.1. The van der Waals surface area contributed by atoms with E-state index >= 15 is 0 Å². The van der Waals surface area contributed by atoms with Crippen molar-refractivity contribution in [2.45, 2.75) is 6.54 Å². The average molecular weight is 301 g/mol. The van der Waals surface area contributed by atoms with E-state index in [-0.39, 0.29) is 0 Å². The number of nitrogens with one attached hydrogen (secondary N) is 1. The van der Waals surface area contributed by atoms with Gasteiger partial charge < -0.3 is 14.8 Å². The van der Waals surface area contributed by atoms with Crippen molar-refractivity contribution in [3.8, 4) is 11.5 Å². The molecule has 1 aromatic carbocycles. The largest absolute Gasteiger partial charge is 0.497 e. The van der Waals surface area contributed by atoms with E-state index in [1.807, 2.05) is 29.6 Å². The summed E-state index contributed by atoms with van der Waals surface area (Å²) >= 11 is 1.62. The van der Waals surface area contributed by atoms with Gasteiger partial charge in [0, 0.05) is 12.1 Å². The monoisotopic (exact) mass is 301 g/mol. The molecule has 0 unspecified atom stereocenters. The summed E-state index contributed by atoms with van der Waals surface area (Å²) in [6.45, 7) is 0.602. The second-order valence-corrected chi connectivity index (χ2v) is 5.30. The van der Waals surface area contributed by atoms with Gasteiger partial charge in [0.2, 0.25) is 0 Å². The standard InChI is InChI=1S/C15H15N3O2S/c1-19-11-3-4-13(20-2)10(7-11)8-16-15-14-12(5-6-21-14)17-9-18-15/h3-7,9H,8H2,1-2H3,(H,16,17,18). The van der Waals surface area contributed by atoms with Gasteiger partial charge in [0.1, 0.15) is 23.6 Å². The van der Waals surface area contributed by atoms with E-state index in [9.17, 15) is 0 Å². The molecule has 0 atom stereocenters. The van der Waals surface area contributed by atoms with Crippen LogP contribution in [0.3, 0.4) is 0 Å². The second kappa shape index (κ2) is 5.97. The first-order chi connectivity index (χ1) is 10.3. The van der Waals surface area contributed by atoms with Crippen LogP contribution in [-0.4, -0.2) is 24.2 Å². The predicted octanol–water partition coefficient (Wildman–Crippen LogP) is 3.32. The fourth-order valence-corrected chi connectivity index (χ4v) is 2.92. The molecule has 0 radical (unpaired) electrons. The molecule has 0 aliphatic carbocycles. The van der Waals surface area contributed by atoms with Crippen molar-refractivity contribution in [2.75, 3.05) is 19.5 Å². The number of hydrogen-bond donors (Lipinski definition) is 1. The normalized spacial score (nSPS) is 10.6. The van der Waals surface area contributed by atoms with Gasteiger partial charge in [0.25, 0.3) is 0 Å². The van der Waals surface area contributed by atoms with Crippen molar-refractivity contribution in [3.63, 3.8) is 0 Å². The molecule has 0 spiro atoms. The van der Waals surface area contributed by atoms with Crippen LogP contribution in [0.5, 0.6) is 11.5 Å². The van der Waals surface area contributed by atoms with Crippen LogP contribution in [0.15, 0.2) is 36.0 Å². The Balaban J connectivity index is 1.86. The summed E-state index contributed by atoms with van der Waals surface area (Å²) in [5, 5.41) is 5.35. The van der Waals surface area contributed by atoms with Crippen LogP contribution < -0.4 is 14.8 Å². The molecule has 0 saturated carbocycles. The first-order valence-corrected chi connectivity index (χ1v) is 7.32. The Morgan fingerprint density at radius 1 is 1.14 bits per heavy atom. The molecule has 2 heterocycles. The summed E-state index contributed by atoms with van der Waals surface area (Å²) in [5.74, 6) is 2.45. The Hall–Kier alpha value is -2.34. The third-order valence-corrected chi connectivity index (χ3v) is 4.09. The lowest BCUT2D eigenvalue weighted by atomic mass is 10.2. The zero-order valence-electron chi connectivity index (χ0n) is 11.8. The van der Waals surface area contributed by atoms with Gasteiger partial charge in [-0.1, -0.05) is 0 Å². The molecule has 0 amide bonds.